The number of rotatable bonds is 5. The molecule has 1 aliphatic heterocycles. The van der Waals surface area contributed by atoms with Crippen LogP contribution in [0.2, 0.25) is 0 Å². The fourth-order valence-electron chi connectivity index (χ4n) is 1.75. The minimum absolute atomic E-state index is 0.0936. The molecular weight excluding hydrogens is 178 g/mol. The topological polar surface area (TPSA) is 70.5 Å². The van der Waals surface area contributed by atoms with Gasteiger partial charge in [0.25, 0.3) is 0 Å². The van der Waals surface area contributed by atoms with E-state index in [0.29, 0.717) is 0 Å². The summed E-state index contributed by atoms with van der Waals surface area (Å²) in [5.74, 6) is 0. The third kappa shape index (κ3) is 3.89. The third-order valence-electron chi connectivity index (χ3n) is 2.74. The summed E-state index contributed by atoms with van der Waals surface area (Å²) < 4.78 is 0. The molecule has 1 rings (SSSR count). The lowest BCUT2D eigenvalue weighted by Gasteiger charge is -2.35. The molecular formula is C9H23N5. The molecule has 0 spiro atoms. The van der Waals surface area contributed by atoms with Crippen LogP contribution in [0.1, 0.15) is 0 Å². The quantitative estimate of drug-likeness (QED) is 0.452. The van der Waals surface area contributed by atoms with Crippen LogP contribution < -0.4 is 16.8 Å². The lowest BCUT2D eigenvalue weighted by atomic mass is 10.3. The molecule has 1 saturated heterocycles. The van der Waals surface area contributed by atoms with Crippen LogP contribution in [0.5, 0.6) is 0 Å². The van der Waals surface area contributed by atoms with Crippen LogP contribution in [0.4, 0.5) is 0 Å². The first-order chi connectivity index (χ1) is 6.76. The number of piperazine rings is 1. The number of likely N-dealkylation sites (N-methyl/N-ethyl adjacent to an activating group) is 1. The molecule has 1 heterocycles. The van der Waals surface area contributed by atoms with Gasteiger partial charge in [0.15, 0.2) is 0 Å². The summed E-state index contributed by atoms with van der Waals surface area (Å²) in [4.78, 5) is 4.80. The van der Waals surface area contributed by atoms with Crippen LogP contribution in [-0.2, 0) is 0 Å². The Bertz CT molecular complexity index is 144. The summed E-state index contributed by atoms with van der Waals surface area (Å²) in [6, 6.07) is 0. The van der Waals surface area contributed by atoms with Gasteiger partial charge in [-0.15, -0.1) is 0 Å². The van der Waals surface area contributed by atoms with E-state index in [1.165, 1.54) is 0 Å². The highest BCUT2D eigenvalue weighted by atomic mass is 15.3. The molecule has 0 radical (unpaired) electrons. The highest BCUT2D eigenvalue weighted by Gasteiger charge is 2.17. The molecule has 0 amide bonds. The van der Waals surface area contributed by atoms with Gasteiger partial charge in [0.05, 0.1) is 6.17 Å². The van der Waals surface area contributed by atoms with Crippen molar-refractivity contribution in [2.45, 2.75) is 6.17 Å². The highest BCUT2D eigenvalue weighted by molar-refractivity contribution is 4.74. The van der Waals surface area contributed by atoms with Crippen molar-refractivity contribution in [2.75, 3.05) is 52.9 Å². The normalized spacial score (nSPS) is 22.5. The van der Waals surface area contributed by atoms with Gasteiger partial charge in [-0.05, 0) is 7.05 Å². The van der Waals surface area contributed by atoms with Gasteiger partial charge in [-0.25, -0.2) is 0 Å². The van der Waals surface area contributed by atoms with Crippen molar-refractivity contribution in [3.8, 4) is 0 Å². The van der Waals surface area contributed by atoms with Crippen LogP contribution in [0.3, 0.4) is 0 Å². The Morgan fingerprint density at radius 3 is 2.29 bits per heavy atom. The summed E-state index contributed by atoms with van der Waals surface area (Å²) in [7, 11) is 1.90. The minimum atomic E-state index is 0.0936. The summed E-state index contributed by atoms with van der Waals surface area (Å²) in [6.07, 6.45) is 0.0936. The van der Waals surface area contributed by atoms with Gasteiger partial charge in [-0.2, -0.15) is 0 Å². The maximum atomic E-state index is 5.81. The number of hydrogen-bond donors (Lipinski definition) is 3. The van der Waals surface area contributed by atoms with Gasteiger partial charge in [0.1, 0.15) is 0 Å². The van der Waals surface area contributed by atoms with Crippen molar-refractivity contribution in [1.29, 1.82) is 0 Å². The Labute approximate surface area is 86.4 Å². The maximum Gasteiger partial charge on any atom is 0.0675 e. The number of nitrogens with one attached hydrogen (secondary N) is 1. The van der Waals surface area contributed by atoms with E-state index in [1.54, 1.807) is 0 Å². The predicted octanol–water partition coefficient (Wildman–Crippen LogP) is -1.93. The highest BCUT2D eigenvalue weighted by Crippen LogP contribution is 2.00. The molecule has 0 saturated carbocycles. The fraction of sp³-hybridized carbons (Fsp3) is 1.00. The number of nitrogens with two attached hydrogens (primary N) is 2. The van der Waals surface area contributed by atoms with E-state index in [2.05, 4.69) is 15.1 Å². The number of nitrogens with zero attached hydrogens (tertiary/aromatic N) is 2. The number of hydrogen-bond acceptors (Lipinski definition) is 5. The molecule has 0 aromatic heterocycles. The third-order valence-corrected chi connectivity index (χ3v) is 2.74. The molecule has 14 heavy (non-hydrogen) atoms. The van der Waals surface area contributed by atoms with Gasteiger partial charge >= 0.3 is 0 Å². The first kappa shape index (κ1) is 11.9. The SMILES string of the molecule is CNC(N)CN1CCN(CCN)CC1. The van der Waals surface area contributed by atoms with Gasteiger partial charge in [0, 0.05) is 45.8 Å². The minimum Gasteiger partial charge on any atom is -0.329 e. The Kier molecular flexibility index (Phi) is 5.36. The van der Waals surface area contributed by atoms with E-state index < -0.39 is 0 Å². The smallest absolute Gasteiger partial charge is 0.0675 e. The molecule has 1 aliphatic rings. The summed E-state index contributed by atoms with van der Waals surface area (Å²) in [5.41, 5.74) is 11.3. The summed E-state index contributed by atoms with van der Waals surface area (Å²) in [6.45, 7) is 7.17. The molecule has 0 bridgehead atoms. The molecule has 1 fully saturated rings. The van der Waals surface area contributed by atoms with Crippen molar-refractivity contribution in [1.82, 2.24) is 15.1 Å². The second-order valence-corrected chi connectivity index (χ2v) is 3.83. The zero-order valence-electron chi connectivity index (χ0n) is 9.08. The van der Waals surface area contributed by atoms with E-state index in [4.69, 9.17) is 11.5 Å². The molecule has 0 aromatic rings. The first-order valence-corrected chi connectivity index (χ1v) is 5.34. The molecule has 0 aromatic carbocycles. The van der Waals surface area contributed by atoms with Crippen molar-refractivity contribution >= 4 is 0 Å². The Balaban J connectivity index is 2.15. The van der Waals surface area contributed by atoms with E-state index in [9.17, 15) is 0 Å². The van der Waals surface area contributed by atoms with Gasteiger partial charge in [0.2, 0.25) is 0 Å². The average molecular weight is 201 g/mol. The van der Waals surface area contributed by atoms with Crippen LogP contribution in [0.15, 0.2) is 0 Å². The van der Waals surface area contributed by atoms with Crippen LogP contribution in [0.25, 0.3) is 0 Å². The van der Waals surface area contributed by atoms with Crippen LogP contribution >= 0.6 is 0 Å². The van der Waals surface area contributed by atoms with E-state index >= 15 is 0 Å². The summed E-state index contributed by atoms with van der Waals surface area (Å²) in [5, 5.41) is 3.05. The molecule has 1 unspecified atom stereocenters. The van der Waals surface area contributed by atoms with Crippen molar-refractivity contribution in [3.63, 3.8) is 0 Å². The molecule has 5 nitrogen and oxygen atoms in total. The monoisotopic (exact) mass is 201 g/mol. The first-order valence-electron chi connectivity index (χ1n) is 5.34. The largest absolute Gasteiger partial charge is 0.329 e. The Hall–Kier alpha value is -0.200. The second kappa shape index (κ2) is 6.31. The molecule has 84 valence electrons. The standard InChI is InChI=1S/C9H23N5/c1-12-9(11)8-14-6-4-13(3-2-10)5-7-14/h9,12H,2-8,10-11H2,1H3. The molecule has 5 N–H and O–H groups in total. The van der Waals surface area contributed by atoms with Crippen molar-refractivity contribution in [2.24, 2.45) is 11.5 Å². The molecule has 5 heteroatoms. The van der Waals surface area contributed by atoms with E-state index in [-0.39, 0.29) is 6.17 Å². The van der Waals surface area contributed by atoms with Gasteiger partial charge in [-0.1, -0.05) is 0 Å². The molecule has 0 aliphatic carbocycles. The van der Waals surface area contributed by atoms with E-state index in [0.717, 1.165) is 45.8 Å². The van der Waals surface area contributed by atoms with Gasteiger partial charge < -0.3 is 16.8 Å². The maximum absolute atomic E-state index is 5.81. The zero-order valence-corrected chi connectivity index (χ0v) is 9.08. The van der Waals surface area contributed by atoms with Crippen molar-refractivity contribution < 1.29 is 0 Å². The van der Waals surface area contributed by atoms with E-state index in [1.807, 2.05) is 7.05 Å². The van der Waals surface area contributed by atoms with Crippen LogP contribution in [-0.4, -0.2) is 68.8 Å². The zero-order chi connectivity index (χ0) is 10.4. The summed E-state index contributed by atoms with van der Waals surface area (Å²) >= 11 is 0. The lowest BCUT2D eigenvalue weighted by molar-refractivity contribution is 0.127. The van der Waals surface area contributed by atoms with Gasteiger partial charge in [-0.3, -0.25) is 9.80 Å². The lowest BCUT2D eigenvalue weighted by Crippen LogP contribution is -2.53. The fourth-order valence-corrected chi connectivity index (χ4v) is 1.75. The average Bonchev–Trinajstić information content (AvgIpc) is 2.21. The van der Waals surface area contributed by atoms with Crippen molar-refractivity contribution in [3.05, 3.63) is 0 Å². The Morgan fingerprint density at radius 1 is 1.21 bits per heavy atom. The molecule has 1 atom stereocenters. The Morgan fingerprint density at radius 2 is 1.79 bits per heavy atom. The van der Waals surface area contributed by atoms with Crippen LogP contribution in [0, 0.1) is 0 Å². The second-order valence-electron chi connectivity index (χ2n) is 3.83. The predicted molar refractivity (Wildman–Crippen MR) is 59.0 cm³/mol.